The molecule has 0 aromatic heterocycles. The summed E-state index contributed by atoms with van der Waals surface area (Å²) in [6.07, 6.45) is 6.41. The fourth-order valence-electron chi connectivity index (χ4n) is 2.74. The highest BCUT2D eigenvalue weighted by Crippen LogP contribution is 2.10. The molecule has 1 aliphatic rings. The van der Waals surface area contributed by atoms with Crippen LogP contribution in [0.5, 0.6) is 0 Å². The fraction of sp³-hybridized carbons (Fsp3) is 0.875. The molecular weight excluding hydrogens is 280 g/mol. The Morgan fingerprint density at radius 3 is 2.50 bits per heavy atom. The summed E-state index contributed by atoms with van der Waals surface area (Å²) in [4.78, 5) is 25.4. The van der Waals surface area contributed by atoms with Crippen LogP contribution in [0, 0.1) is 0 Å². The smallest absolute Gasteiger partial charge is 0.315 e. The molecule has 128 valence electrons. The minimum Gasteiger partial charge on any atom is -0.358 e. The van der Waals surface area contributed by atoms with Crippen molar-refractivity contribution in [3.8, 4) is 0 Å². The molecule has 3 N–H and O–H groups in total. The third-order valence-corrected chi connectivity index (χ3v) is 4.19. The SMILES string of the molecule is CCCCCC(C)NC(=O)NC1CCN(CC(=O)NC)CC1. The summed E-state index contributed by atoms with van der Waals surface area (Å²) in [5.74, 6) is 0.0463. The summed E-state index contributed by atoms with van der Waals surface area (Å²) >= 11 is 0. The molecule has 1 atom stereocenters. The number of carbonyl (C=O) groups is 2. The van der Waals surface area contributed by atoms with Gasteiger partial charge in [-0.25, -0.2) is 4.79 Å². The van der Waals surface area contributed by atoms with E-state index in [1.165, 1.54) is 12.8 Å². The molecule has 0 spiro atoms. The van der Waals surface area contributed by atoms with E-state index in [2.05, 4.69) is 34.7 Å². The maximum atomic E-state index is 12.0. The van der Waals surface area contributed by atoms with E-state index in [0.717, 1.165) is 38.8 Å². The van der Waals surface area contributed by atoms with E-state index < -0.39 is 0 Å². The molecule has 1 rings (SSSR count). The quantitative estimate of drug-likeness (QED) is 0.594. The fourth-order valence-corrected chi connectivity index (χ4v) is 2.74. The van der Waals surface area contributed by atoms with Gasteiger partial charge in [0, 0.05) is 32.2 Å². The van der Waals surface area contributed by atoms with Gasteiger partial charge in [-0.1, -0.05) is 26.2 Å². The van der Waals surface area contributed by atoms with E-state index in [1.807, 2.05) is 0 Å². The van der Waals surface area contributed by atoms with Crippen molar-refractivity contribution in [3.63, 3.8) is 0 Å². The van der Waals surface area contributed by atoms with Crippen LogP contribution in [0.4, 0.5) is 4.79 Å². The molecule has 1 saturated heterocycles. The first kappa shape index (κ1) is 18.7. The molecule has 6 heteroatoms. The number of nitrogens with zero attached hydrogens (tertiary/aromatic N) is 1. The minimum absolute atomic E-state index is 0.0463. The average molecular weight is 312 g/mol. The van der Waals surface area contributed by atoms with Gasteiger partial charge in [-0.3, -0.25) is 9.69 Å². The molecule has 0 radical (unpaired) electrons. The highest BCUT2D eigenvalue weighted by molar-refractivity contribution is 5.77. The van der Waals surface area contributed by atoms with Crippen molar-refractivity contribution in [1.29, 1.82) is 0 Å². The van der Waals surface area contributed by atoms with Gasteiger partial charge < -0.3 is 16.0 Å². The lowest BCUT2D eigenvalue weighted by molar-refractivity contribution is -0.122. The first-order valence-electron chi connectivity index (χ1n) is 8.55. The van der Waals surface area contributed by atoms with E-state index in [9.17, 15) is 9.59 Å². The standard InChI is InChI=1S/C16H32N4O2/c1-4-5-6-7-13(2)18-16(22)19-14-8-10-20(11-9-14)12-15(21)17-3/h13-14H,4-12H2,1-3H3,(H,17,21)(H2,18,19,22). The topological polar surface area (TPSA) is 73.5 Å². The number of rotatable bonds is 8. The van der Waals surface area contributed by atoms with Gasteiger partial charge in [0.15, 0.2) is 0 Å². The predicted octanol–water partition coefficient (Wildman–Crippen LogP) is 1.46. The summed E-state index contributed by atoms with van der Waals surface area (Å²) in [6.45, 7) is 6.39. The normalized spacial score (nSPS) is 17.8. The van der Waals surface area contributed by atoms with E-state index in [4.69, 9.17) is 0 Å². The van der Waals surface area contributed by atoms with Crippen molar-refractivity contribution in [2.75, 3.05) is 26.7 Å². The lowest BCUT2D eigenvalue weighted by Crippen LogP contribution is -2.50. The maximum Gasteiger partial charge on any atom is 0.315 e. The molecule has 3 amide bonds. The zero-order valence-electron chi connectivity index (χ0n) is 14.3. The second-order valence-corrected chi connectivity index (χ2v) is 6.24. The van der Waals surface area contributed by atoms with Gasteiger partial charge in [-0.05, 0) is 26.2 Å². The second-order valence-electron chi connectivity index (χ2n) is 6.24. The van der Waals surface area contributed by atoms with E-state index in [-0.39, 0.29) is 24.0 Å². The summed E-state index contributed by atoms with van der Waals surface area (Å²) in [5.41, 5.74) is 0. The average Bonchev–Trinajstić information content (AvgIpc) is 2.49. The summed E-state index contributed by atoms with van der Waals surface area (Å²) in [6, 6.07) is 0.373. The Labute approximate surface area is 134 Å². The van der Waals surface area contributed by atoms with Gasteiger partial charge in [0.1, 0.15) is 0 Å². The Morgan fingerprint density at radius 2 is 1.91 bits per heavy atom. The molecule has 6 nitrogen and oxygen atoms in total. The molecular formula is C16H32N4O2. The van der Waals surface area contributed by atoms with Crippen molar-refractivity contribution in [2.24, 2.45) is 0 Å². The van der Waals surface area contributed by atoms with Crippen LogP contribution in [0.25, 0.3) is 0 Å². The number of hydrogen-bond donors (Lipinski definition) is 3. The first-order valence-corrected chi connectivity index (χ1v) is 8.55. The number of nitrogens with one attached hydrogen (secondary N) is 3. The Hall–Kier alpha value is -1.30. The molecule has 0 bridgehead atoms. The molecule has 0 aromatic carbocycles. The van der Waals surface area contributed by atoms with Crippen molar-refractivity contribution in [2.45, 2.75) is 64.5 Å². The number of hydrogen-bond acceptors (Lipinski definition) is 3. The maximum absolute atomic E-state index is 12.0. The van der Waals surface area contributed by atoms with Gasteiger partial charge >= 0.3 is 6.03 Å². The molecule has 1 fully saturated rings. The summed E-state index contributed by atoms with van der Waals surface area (Å²) in [7, 11) is 1.66. The molecule has 1 aliphatic heterocycles. The monoisotopic (exact) mass is 312 g/mol. The van der Waals surface area contributed by atoms with E-state index >= 15 is 0 Å². The highest BCUT2D eigenvalue weighted by atomic mass is 16.2. The van der Waals surface area contributed by atoms with Crippen molar-refractivity contribution < 1.29 is 9.59 Å². The van der Waals surface area contributed by atoms with Crippen LogP contribution in [0.3, 0.4) is 0 Å². The predicted molar refractivity (Wildman–Crippen MR) is 88.8 cm³/mol. The van der Waals surface area contributed by atoms with Crippen molar-refractivity contribution in [1.82, 2.24) is 20.9 Å². The van der Waals surface area contributed by atoms with Gasteiger partial charge in [0.25, 0.3) is 0 Å². The Bertz CT molecular complexity index is 341. The van der Waals surface area contributed by atoms with Crippen LogP contribution in [0.15, 0.2) is 0 Å². The largest absolute Gasteiger partial charge is 0.358 e. The van der Waals surface area contributed by atoms with Crippen LogP contribution in [-0.4, -0.2) is 55.6 Å². The van der Waals surface area contributed by atoms with Crippen molar-refractivity contribution >= 4 is 11.9 Å². The van der Waals surface area contributed by atoms with E-state index in [1.54, 1.807) is 7.05 Å². The second kappa shape index (κ2) is 10.4. The molecule has 22 heavy (non-hydrogen) atoms. The third-order valence-electron chi connectivity index (χ3n) is 4.19. The van der Waals surface area contributed by atoms with Crippen molar-refractivity contribution in [3.05, 3.63) is 0 Å². The van der Waals surface area contributed by atoms with Crippen LogP contribution in [0.1, 0.15) is 52.4 Å². The van der Waals surface area contributed by atoms with E-state index in [0.29, 0.717) is 6.54 Å². The van der Waals surface area contributed by atoms with Crippen LogP contribution >= 0.6 is 0 Å². The molecule has 1 heterocycles. The highest BCUT2D eigenvalue weighted by Gasteiger charge is 2.22. The Balaban J connectivity index is 2.17. The number of carbonyl (C=O) groups excluding carboxylic acids is 2. The lowest BCUT2D eigenvalue weighted by Gasteiger charge is -2.32. The number of amides is 3. The number of likely N-dealkylation sites (N-methyl/N-ethyl adjacent to an activating group) is 1. The van der Waals surface area contributed by atoms with Crippen LogP contribution in [-0.2, 0) is 4.79 Å². The molecule has 0 aromatic rings. The molecule has 1 unspecified atom stereocenters. The van der Waals surface area contributed by atoms with Crippen LogP contribution in [0.2, 0.25) is 0 Å². The van der Waals surface area contributed by atoms with Gasteiger partial charge in [0.05, 0.1) is 6.54 Å². The van der Waals surface area contributed by atoms with Crippen LogP contribution < -0.4 is 16.0 Å². The van der Waals surface area contributed by atoms with Gasteiger partial charge in [-0.2, -0.15) is 0 Å². The third kappa shape index (κ3) is 7.64. The number of urea groups is 1. The number of unbranched alkanes of at least 4 members (excludes halogenated alkanes) is 2. The summed E-state index contributed by atoms with van der Waals surface area (Å²) < 4.78 is 0. The Kier molecular flexibility index (Phi) is 8.89. The number of likely N-dealkylation sites (tertiary alicyclic amines) is 1. The zero-order valence-corrected chi connectivity index (χ0v) is 14.3. The van der Waals surface area contributed by atoms with Gasteiger partial charge in [0.2, 0.25) is 5.91 Å². The van der Waals surface area contributed by atoms with Gasteiger partial charge in [-0.15, -0.1) is 0 Å². The lowest BCUT2D eigenvalue weighted by atomic mass is 10.1. The number of piperidine rings is 1. The molecule has 0 aliphatic carbocycles. The zero-order chi connectivity index (χ0) is 16.4. The first-order chi connectivity index (χ1) is 10.5. The Morgan fingerprint density at radius 1 is 1.23 bits per heavy atom. The summed E-state index contributed by atoms with van der Waals surface area (Å²) in [5, 5.41) is 8.70. The molecule has 0 saturated carbocycles. The minimum atomic E-state index is -0.0613.